The summed E-state index contributed by atoms with van der Waals surface area (Å²) in [6.45, 7) is 2.26. The van der Waals surface area contributed by atoms with E-state index in [0.717, 1.165) is 19.6 Å². The lowest BCUT2D eigenvalue weighted by molar-refractivity contribution is -0.133. The van der Waals surface area contributed by atoms with E-state index in [1.807, 2.05) is 0 Å². The van der Waals surface area contributed by atoms with Crippen LogP contribution in [0.2, 0.25) is 5.02 Å². The summed E-state index contributed by atoms with van der Waals surface area (Å²) in [6, 6.07) is 5.53. The third-order valence-electron chi connectivity index (χ3n) is 6.32. The Morgan fingerprint density at radius 1 is 1.20 bits per heavy atom. The first-order valence-corrected chi connectivity index (χ1v) is 12.8. The lowest BCUT2D eigenvalue weighted by Gasteiger charge is -2.34. The summed E-state index contributed by atoms with van der Waals surface area (Å²) in [4.78, 5) is 38.3. The third kappa shape index (κ3) is 6.87. The van der Waals surface area contributed by atoms with Crippen molar-refractivity contribution in [1.82, 2.24) is 29.5 Å². The van der Waals surface area contributed by atoms with Crippen LogP contribution in [0.3, 0.4) is 0 Å². The van der Waals surface area contributed by atoms with Crippen molar-refractivity contribution in [3.8, 4) is 17.0 Å². The molecule has 1 fully saturated rings. The number of aromatic nitrogens is 4. The molecule has 40 heavy (non-hydrogen) atoms. The number of piperazine rings is 1. The average molecular weight is 576 g/mol. The van der Waals surface area contributed by atoms with Crippen LogP contribution in [-0.2, 0) is 16.1 Å². The van der Waals surface area contributed by atoms with Gasteiger partial charge in [-0.05, 0) is 30.8 Å². The standard InChI is InChI=1S/C25H28ClF2N9O3/c1-2-35-8-10-36(11-9-35)19(38)14-37-13-17(33-24(39)20(22(29)30)23-31-6-3-7-32-23)21(34-37)16-12-15(26)4-5-18(16)40-25(27)28/h3-7,12-13,20,25H,2,8-11,14H2,1H3,(H3,29,30)(H,33,39). The third-order valence-corrected chi connectivity index (χ3v) is 6.55. The van der Waals surface area contributed by atoms with Crippen LogP contribution in [0.25, 0.3) is 11.3 Å². The van der Waals surface area contributed by atoms with Crippen molar-refractivity contribution >= 4 is 34.9 Å². The molecule has 1 saturated heterocycles. The van der Waals surface area contributed by atoms with Crippen LogP contribution in [0.5, 0.6) is 5.75 Å². The Morgan fingerprint density at radius 2 is 1.90 bits per heavy atom. The highest BCUT2D eigenvalue weighted by Gasteiger charge is 2.29. The van der Waals surface area contributed by atoms with Crippen molar-refractivity contribution in [2.45, 2.75) is 26.0 Å². The van der Waals surface area contributed by atoms with Gasteiger partial charge in [-0.1, -0.05) is 18.5 Å². The molecule has 15 heteroatoms. The number of nitrogens with one attached hydrogen (secondary N) is 2. The van der Waals surface area contributed by atoms with Gasteiger partial charge >= 0.3 is 6.61 Å². The summed E-state index contributed by atoms with van der Waals surface area (Å²) in [6.07, 6.45) is 4.20. The van der Waals surface area contributed by atoms with Crippen LogP contribution in [0.4, 0.5) is 14.5 Å². The minimum Gasteiger partial charge on any atom is -0.434 e. The Morgan fingerprint density at radius 3 is 2.52 bits per heavy atom. The molecule has 1 unspecified atom stereocenters. The minimum absolute atomic E-state index is 0.00711. The van der Waals surface area contributed by atoms with E-state index in [-0.39, 0.29) is 46.0 Å². The number of nitrogens with two attached hydrogens (primary N) is 1. The number of carbonyl (C=O) groups is 2. The van der Waals surface area contributed by atoms with E-state index in [4.69, 9.17) is 22.7 Å². The number of rotatable bonds is 10. The maximum atomic E-state index is 13.3. The molecular formula is C25H28ClF2N9O3. The quantitative estimate of drug-likeness (QED) is 0.246. The summed E-state index contributed by atoms with van der Waals surface area (Å²) in [5.74, 6) is -3.06. The molecule has 0 spiro atoms. The molecule has 1 atom stereocenters. The zero-order chi connectivity index (χ0) is 28.8. The first kappa shape index (κ1) is 28.8. The highest BCUT2D eigenvalue weighted by Crippen LogP contribution is 2.37. The predicted molar refractivity (Wildman–Crippen MR) is 143 cm³/mol. The molecule has 0 bridgehead atoms. The zero-order valence-electron chi connectivity index (χ0n) is 21.6. The van der Waals surface area contributed by atoms with E-state index in [1.165, 1.54) is 41.5 Å². The summed E-state index contributed by atoms with van der Waals surface area (Å²) >= 11 is 6.16. The van der Waals surface area contributed by atoms with Gasteiger partial charge in [0.05, 0.1) is 5.69 Å². The number of alkyl halides is 2. The second-order valence-corrected chi connectivity index (χ2v) is 9.34. The van der Waals surface area contributed by atoms with Gasteiger partial charge in [0, 0.05) is 55.4 Å². The van der Waals surface area contributed by atoms with Crippen LogP contribution < -0.4 is 15.8 Å². The molecule has 12 nitrogen and oxygen atoms in total. The molecule has 0 saturated carbocycles. The average Bonchev–Trinajstić information content (AvgIpc) is 3.31. The second-order valence-electron chi connectivity index (χ2n) is 8.91. The fourth-order valence-corrected chi connectivity index (χ4v) is 4.47. The summed E-state index contributed by atoms with van der Waals surface area (Å²) in [5.41, 5.74) is 5.82. The molecule has 4 N–H and O–H groups in total. The molecule has 4 rings (SSSR count). The van der Waals surface area contributed by atoms with Crippen molar-refractivity contribution in [2.24, 2.45) is 5.73 Å². The molecule has 3 aromatic rings. The Kier molecular flexibility index (Phi) is 9.22. The minimum atomic E-state index is -3.14. The number of amidine groups is 1. The van der Waals surface area contributed by atoms with E-state index in [0.29, 0.717) is 13.1 Å². The second kappa shape index (κ2) is 12.8. The number of halogens is 3. The number of hydrogen-bond donors (Lipinski definition) is 3. The number of amides is 2. The van der Waals surface area contributed by atoms with E-state index in [1.54, 1.807) is 11.0 Å². The van der Waals surface area contributed by atoms with Crippen LogP contribution in [0, 0.1) is 5.41 Å². The van der Waals surface area contributed by atoms with Crippen LogP contribution in [0.1, 0.15) is 18.7 Å². The predicted octanol–water partition coefficient (Wildman–Crippen LogP) is 2.42. The number of likely N-dealkylation sites (N-methyl/N-ethyl adjacent to an activating group) is 1. The van der Waals surface area contributed by atoms with Gasteiger partial charge in [-0.15, -0.1) is 0 Å². The largest absolute Gasteiger partial charge is 0.434 e. The molecule has 212 valence electrons. The van der Waals surface area contributed by atoms with Gasteiger partial charge in [-0.3, -0.25) is 19.7 Å². The van der Waals surface area contributed by atoms with Gasteiger partial charge in [-0.2, -0.15) is 13.9 Å². The number of ether oxygens (including phenoxy) is 1. The Balaban J connectivity index is 1.68. The van der Waals surface area contributed by atoms with Crippen LogP contribution in [-0.4, -0.2) is 86.5 Å². The smallest absolute Gasteiger partial charge is 0.387 e. The van der Waals surface area contributed by atoms with E-state index < -0.39 is 24.3 Å². The SMILES string of the molecule is CCN1CCN(C(=O)Cn2cc(NC(=O)C(C(=N)N)c3ncccn3)c(-c3cc(Cl)ccc3OC(F)F)n2)CC1. The van der Waals surface area contributed by atoms with Crippen molar-refractivity contribution in [3.05, 3.63) is 53.7 Å². The maximum Gasteiger partial charge on any atom is 0.387 e. The zero-order valence-corrected chi connectivity index (χ0v) is 22.3. The number of anilines is 1. The Bertz CT molecular complexity index is 1360. The van der Waals surface area contributed by atoms with Gasteiger partial charge < -0.3 is 25.6 Å². The van der Waals surface area contributed by atoms with E-state index in [9.17, 15) is 18.4 Å². The molecule has 1 aliphatic rings. The van der Waals surface area contributed by atoms with Crippen LogP contribution >= 0.6 is 11.6 Å². The van der Waals surface area contributed by atoms with Gasteiger partial charge in [0.2, 0.25) is 11.8 Å². The fraction of sp³-hybridized carbons (Fsp3) is 0.360. The number of carbonyl (C=O) groups excluding carboxylic acids is 2. The molecule has 3 heterocycles. The molecule has 1 aliphatic heterocycles. The van der Waals surface area contributed by atoms with Gasteiger partial charge in [0.1, 0.15) is 29.6 Å². The Labute approximate surface area is 233 Å². The molecule has 0 aliphatic carbocycles. The number of hydrogen-bond acceptors (Lipinski definition) is 8. The van der Waals surface area contributed by atoms with E-state index in [2.05, 4.69) is 36.9 Å². The summed E-state index contributed by atoms with van der Waals surface area (Å²) < 4.78 is 32.3. The van der Waals surface area contributed by atoms with Crippen molar-refractivity contribution in [1.29, 1.82) is 5.41 Å². The highest BCUT2D eigenvalue weighted by molar-refractivity contribution is 6.31. The lowest BCUT2D eigenvalue weighted by Crippen LogP contribution is -2.49. The van der Waals surface area contributed by atoms with Gasteiger partial charge in [0.15, 0.2) is 5.92 Å². The highest BCUT2D eigenvalue weighted by atomic mass is 35.5. The monoisotopic (exact) mass is 575 g/mol. The normalized spacial score (nSPS) is 14.7. The molecule has 1 aromatic carbocycles. The number of nitrogens with zero attached hydrogens (tertiary/aromatic N) is 6. The molecule has 0 radical (unpaired) electrons. The first-order chi connectivity index (χ1) is 19.2. The van der Waals surface area contributed by atoms with Crippen molar-refractivity contribution in [3.63, 3.8) is 0 Å². The van der Waals surface area contributed by atoms with Crippen molar-refractivity contribution in [2.75, 3.05) is 38.0 Å². The van der Waals surface area contributed by atoms with E-state index >= 15 is 0 Å². The van der Waals surface area contributed by atoms with Crippen LogP contribution in [0.15, 0.2) is 42.9 Å². The molecule has 2 aromatic heterocycles. The maximum absolute atomic E-state index is 13.3. The van der Waals surface area contributed by atoms with Gasteiger partial charge in [0.25, 0.3) is 0 Å². The molecular weight excluding hydrogens is 548 g/mol. The van der Waals surface area contributed by atoms with Crippen molar-refractivity contribution < 1.29 is 23.1 Å². The topological polar surface area (TPSA) is 155 Å². The van der Waals surface area contributed by atoms with Gasteiger partial charge in [-0.25, -0.2) is 9.97 Å². The summed E-state index contributed by atoms with van der Waals surface area (Å²) in [5, 5.41) is 15.2. The molecule has 2 amide bonds. The summed E-state index contributed by atoms with van der Waals surface area (Å²) in [7, 11) is 0. The lowest BCUT2D eigenvalue weighted by atomic mass is 10.1. The fourth-order valence-electron chi connectivity index (χ4n) is 4.29. The number of benzene rings is 1. The Hall–Kier alpha value is -4.17. The first-order valence-electron chi connectivity index (χ1n) is 12.4.